The Morgan fingerprint density at radius 3 is 2.24 bits per heavy atom. The van der Waals surface area contributed by atoms with Gasteiger partial charge in [0, 0.05) is 11.4 Å². The monoisotopic (exact) mass is 458 g/mol. The van der Waals surface area contributed by atoms with E-state index in [1.807, 2.05) is 78.6 Å². The van der Waals surface area contributed by atoms with Gasteiger partial charge in [-0.15, -0.1) is 11.8 Å². The Kier molecular flexibility index (Phi) is 7.19. The maximum absolute atomic E-state index is 12.9. The molecule has 33 heavy (non-hydrogen) atoms. The molecular weight excluding hydrogens is 428 g/mol. The van der Waals surface area contributed by atoms with Crippen molar-refractivity contribution >= 4 is 35.0 Å². The molecule has 0 aromatic heterocycles. The molecular formula is C28H30N2O2S. The molecule has 3 aromatic rings. The summed E-state index contributed by atoms with van der Waals surface area (Å²) in [5.74, 6) is 0.848. The van der Waals surface area contributed by atoms with Crippen molar-refractivity contribution in [1.29, 1.82) is 0 Å². The van der Waals surface area contributed by atoms with E-state index in [0.29, 0.717) is 11.7 Å². The van der Waals surface area contributed by atoms with Gasteiger partial charge in [0.05, 0.1) is 11.7 Å². The van der Waals surface area contributed by atoms with Gasteiger partial charge in [-0.25, -0.2) is 0 Å². The van der Waals surface area contributed by atoms with E-state index >= 15 is 0 Å². The number of carbonyl (C=O) groups is 2. The number of amides is 2. The van der Waals surface area contributed by atoms with Crippen molar-refractivity contribution in [3.05, 3.63) is 95.6 Å². The Balaban J connectivity index is 1.49. The zero-order chi connectivity index (χ0) is 23.4. The normalized spacial score (nSPS) is 16.8. The van der Waals surface area contributed by atoms with Gasteiger partial charge in [-0.05, 0) is 53.3 Å². The van der Waals surface area contributed by atoms with Crippen LogP contribution in [0, 0.1) is 0 Å². The highest BCUT2D eigenvalue weighted by molar-refractivity contribution is 8.00. The van der Waals surface area contributed by atoms with E-state index in [0.717, 1.165) is 28.9 Å². The van der Waals surface area contributed by atoms with E-state index in [4.69, 9.17) is 0 Å². The summed E-state index contributed by atoms with van der Waals surface area (Å²) in [6.07, 6.45) is 0.735. The molecule has 0 aliphatic carbocycles. The molecule has 0 spiro atoms. The van der Waals surface area contributed by atoms with Crippen molar-refractivity contribution in [2.24, 2.45) is 0 Å². The lowest BCUT2D eigenvalue weighted by Gasteiger charge is -2.25. The molecule has 170 valence electrons. The molecule has 5 heteroatoms. The van der Waals surface area contributed by atoms with Gasteiger partial charge in [0.2, 0.25) is 11.8 Å². The molecule has 2 amide bonds. The maximum atomic E-state index is 12.9. The van der Waals surface area contributed by atoms with Gasteiger partial charge in [-0.2, -0.15) is 0 Å². The zero-order valence-electron chi connectivity index (χ0n) is 19.3. The van der Waals surface area contributed by atoms with Crippen LogP contribution in [0.1, 0.15) is 61.1 Å². The van der Waals surface area contributed by atoms with Crippen molar-refractivity contribution < 1.29 is 9.59 Å². The average Bonchev–Trinajstić information content (AvgIpc) is 3.22. The predicted octanol–water partition coefficient (Wildman–Crippen LogP) is 6.72. The van der Waals surface area contributed by atoms with Gasteiger partial charge in [0.25, 0.3) is 0 Å². The molecule has 1 aliphatic heterocycles. The van der Waals surface area contributed by atoms with Crippen molar-refractivity contribution in [3.63, 3.8) is 0 Å². The molecule has 0 unspecified atom stereocenters. The van der Waals surface area contributed by atoms with Crippen LogP contribution in [0.5, 0.6) is 0 Å². The lowest BCUT2D eigenvalue weighted by atomic mass is 9.95. The van der Waals surface area contributed by atoms with Crippen LogP contribution in [0.25, 0.3) is 0 Å². The molecule has 0 radical (unpaired) electrons. The minimum Gasteiger partial charge on any atom is -0.326 e. The predicted molar refractivity (Wildman–Crippen MR) is 138 cm³/mol. The molecule has 2 atom stereocenters. The average molecular weight is 459 g/mol. The number of thioether (sulfide) groups is 1. The van der Waals surface area contributed by atoms with Crippen LogP contribution in [0.15, 0.2) is 78.9 Å². The van der Waals surface area contributed by atoms with E-state index in [1.54, 1.807) is 11.8 Å². The van der Waals surface area contributed by atoms with Crippen LogP contribution >= 0.6 is 11.8 Å². The number of nitrogens with one attached hydrogen (secondary N) is 1. The Hall–Kier alpha value is -3.05. The van der Waals surface area contributed by atoms with E-state index < -0.39 is 0 Å². The molecule has 3 aromatic carbocycles. The van der Waals surface area contributed by atoms with Gasteiger partial charge in [-0.1, -0.05) is 75.4 Å². The minimum absolute atomic E-state index is 0.00580. The first kappa shape index (κ1) is 23.1. The summed E-state index contributed by atoms with van der Waals surface area (Å²) in [6.45, 7) is 6.35. The first-order valence-corrected chi connectivity index (χ1v) is 12.5. The third-order valence-electron chi connectivity index (χ3n) is 6.10. The Bertz CT molecular complexity index is 1100. The Labute approximate surface area is 200 Å². The van der Waals surface area contributed by atoms with Gasteiger partial charge in [0.1, 0.15) is 5.37 Å². The number of rotatable bonds is 7. The van der Waals surface area contributed by atoms with Crippen molar-refractivity contribution in [2.45, 2.75) is 44.4 Å². The van der Waals surface area contributed by atoms with Crippen LogP contribution in [-0.2, 0) is 9.59 Å². The summed E-state index contributed by atoms with van der Waals surface area (Å²) in [4.78, 5) is 27.4. The largest absolute Gasteiger partial charge is 0.326 e. The van der Waals surface area contributed by atoms with Crippen LogP contribution in [-0.4, -0.2) is 17.6 Å². The van der Waals surface area contributed by atoms with Crippen LogP contribution in [0.2, 0.25) is 0 Å². The number of benzene rings is 3. The molecule has 1 aliphatic rings. The van der Waals surface area contributed by atoms with Crippen molar-refractivity contribution in [1.82, 2.24) is 0 Å². The van der Waals surface area contributed by atoms with Gasteiger partial charge >= 0.3 is 0 Å². The summed E-state index contributed by atoms with van der Waals surface area (Å²) in [6, 6.07) is 26.0. The zero-order valence-corrected chi connectivity index (χ0v) is 20.1. The molecule has 1 heterocycles. The van der Waals surface area contributed by atoms with Crippen molar-refractivity contribution in [2.75, 3.05) is 16.0 Å². The first-order valence-electron chi connectivity index (χ1n) is 11.5. The summed E-state index contributed by atoms with van der Waals surface area (Å²) in [5, 5.41) is 2.98. The Morgan fingerprint density at radius 1 is 0.970 bits per heavy atom. The number of anilines is 2. The van der Waals surface area contributed by atoms with E-state index in [2.05, 4.69) is 31.3 Å². The number of hydrogen-bond donors (Lipinski definition) is 1. The summed E-state index contributed by atoms with van der Waals surface area (Å²) < 4.78 is 0. The third-order valence-corrected chi connectivity index (χ3v) is 7.31. The van der Waals surface area contributed by atoms with Gasteiger partial charge < -0.3 is 5.32 Å². The third kappa shape index (κ3) is 5.14. The fraction of sp³-hybridized carbons (Fsp3) is 0.286. The van der Waals surface area contributed by atoms with E-state index in [1.165, 1.54) is 5.56 Å². The SMILES string of the molecule is CC[C@H](C(=O)Nc1ccc([C@H]2SCC(=O)N2c2ccc(C(C)C)cc2)cc1)c1ccccc1. The molecule has 1 saturated heterocycles. The summed E-state index contributed by atoms with van der Waals surface area (Å²) in [7, 11) is 0. The van der Waals surface area contributed by atoms with Gasteiger partial charge in [0.15, 0.2) is 0 Å². The summed E-state index contributed by atoms with van der Waals surface area (Å²) in [5.41, 5.74) is 5.02. The lowest BCUT2D eigenvalue weighted by molar-refractivity contribution is -0.118. The van der Waals surface area contributed by atoms with E-state index in [9.17, 15) is 9.59 Å². The smallest absolute Gasteiger partial charge is 0.238 e. The van der Waals surface area contributed by atoms with Crippen LogP contribution in [0.4, 0.5) is 11.4 Å². The molecule has 0 bridgehead atoms. The first-order chi connectivity index (χ1) is 16.0. The van der Waals surface area contributed by atoms with Crippen LogP contribution in [0.3, 0.4) is 0 Å². The lowest BCUT2D eigenvalue weighted by Crippen LogP contribution is -2.27. The minimum atomic E-state index is -0.182. The second kappa shape index (κ2) is 10.3. The molecule has 0 saturated carbocycles. The topological polar surface area (TPSA) is 49.4 Å². The quantitative estimate of drug-likeness (QED) is 0.427. The summed E-state index contributed by atoms with van der Waals surface area (Å²) >= 11 is 1.63. The van der Waals surface area contributed by atoms with E-state index in [-0.39, 0.29) is 23.1 Å². The fourth-order valence-corrected chi connectivity index (χ4v) is 5.37. The highest BCUT2D eigenvalue weighted by Gasteiger charge is 2.34. The van der Waals surface area contributed by atoms with Crippen LogP contribution < -0.4 is 10.2 Å². The number of nitrogens with zero attached hydrogens (tertiary/aromatic N) is 1. The fourth-order valence-electron chi connectivity index (χ4n) is 4.19. The number of hydrogen-bond acceptors (Lipinski definition) is 3. The second-order valence-electron chi connectivity index (χ2n) is 8.66. The highest BCUT2D eigenvalue weighted by Crippen LogP contribution is 2.42. The second-order valence-corrected chi connectivity index (χ2v) is 9.72. The molecule has 1 fully saturated rings. The maximum Gasteiger partial charge on any atom is 0.238 e. The molecule has 4 rings (SSSR count). The standard InChI is InChI=1S/C28H30N2O2S/c1-4-25(21-8-6-5-7-9-21)27(32)29-23-14-10-22(11-15-23)28-30(26(31)18-33-28)24-16-12-20(13-17-24)19(2)3/h5-17,19,25,28H,4,18H2,1-3H3,(H,29,32)/t25-,28+/m0/s1. The van der Waals surface area contributed by atoms with Crippen molar-refractivity contribution in [3.8, 4) is 0 Å². The number of carbonyl (C=O) groups excluding carboxylic acids is 2. The Morgan fingerprint density at radius 2 is 1.64 bits per heavy atom. The molecule has 4 nitrogen and oxygen atoms in total. The highest BCUT2D eigenvalue weighted by atomic mass is 32.2. The molecule has 1 N–H and O–H groups in total. The van der Waals surface area contributed by atoms with Gasteiger partial charge in [-0.3, -0.25) is 14.5 Å².